The second-order valence-corrected chi connectivity index (χ2v) is 9.57. The summed E-state index contributed by atoms with van der Waals surface area (Å²) in [5.41, 5.74) is -1.21. The Morgan fingerprint density at radius 3 is 2.24 bits per heavy atom. The lowest BCUT2D eigenvalue weighted by Crippen LogP contribution is -2.20. The fourth-order valence-electron chi connectivity index (χ4n) is 3.69. The van der Waals surface area contributed by atoms with Crippen molar-refractivity contribution in [2.24, 2.45) is 16.5 Å². The number of nitrogens with two attached hydrogens (primary N) is 1. The summed E-state index contributed by atoms with van der Waals surface area (Å²) in [6.45, 7) is 3.64. The summed E-state index contributed by atoms with van der Waals surface area (Å²) in [6.07, 6.45) is -4.64. The van der Waals surface area contributed by atoms with Crippen LogP contribution >= 0.6 is 11.6 Å². The molecule has 3 rings (SSSR count). The van der Waals surface area contributed by atoms with Gasteiger partial charge in [0.1, 0.15) is 0 Å². The number of carbonyl (C=O) groups excluding carboxylic acids is 1. The Morgan fingerprint density at radius 2 is 1.72 bits per heavy atom. The first-order valence-corrected chi connectivity index (χ1v) is 10.5. The lowest BCUT2D eigenvalue weighted by Gasteiger charge is -2.14. The number of hydrogen-bond acceptors (Lipinski definition) is 3. The Bertz CT molecular complexity index is 1070. The van der Waals surface area contributed by atoms with Gasteiger partial charge in [0, 0.05) is 10.9 Å². The number of benzene rings is 2. The van der Waals surface area contributed by atoms with E-state index in [9.17, 15) is 26.4 Å². The third-order valence-electron chi connectivity index (χ3n) is 5.22. The molecule has 5 nitrogen and oxygen atoms in total. The first-order chi connectivity index (χ1) is 13.2. The van der Waals surface area contributed by atoms with Crippen LogP contribution in [0.5, 0.6) is 0 Å². The monoisotopic (exact) mass is 446 g/mol. The largest absolute Gasteiger partial charge is 0.418 e. The van der Waals surface area contributed by atoms with Crippen molar-refractivity contribution >= 4 is 33.2 Å². The molecule has 10 heteroatoms. The zero-order valence-corrected chi connectivity index (χ0v) is 17.0. The summed E-state index contributed by atoms with van der Waals surface area (Å²) in [4.78, 5) is 12.7. The molecular weight excluding hydrogens is 429 g/mol. The molecule has 0 bridgehead atoms. The van der Waals surface area contributed by atoms with Crippen molar-refractivity contribution in [1.29, 1.82) is 0 Å². The minimum atomic E-state index is -4.64. The topological polar surface area (TPSA) is 89.3 Å². The van der Waals surface area contributed by atoms with Crippen LogP contribution in [0.3, 0.4) is 0 Å². The number of amides is 1. The van der Waals surface area contributed by atoms with Crippen molar-refractivity contribution < 1.29 is 26.4 Å². The van der Waals surface area contributed by atoms with Gasteiger partial charge in [-0.05, 0) is 41.3 Å². The normalized spacial score (nSPS) is 20.9. The van der Waals surface area contributed by atoms with Crippen molar-refractivity contribution in [3.63, 3.8) is 0 Å². The fourth-order valence-corrected chi connectivity index (χ4v) is 4.38. The maximum Gasteiger partial charge on any atom is 0.418 e. The van der Waals surface area contributed by atoms with Crippen molar-refractivity contribution in [2.75, 3.05) is 5.32 Å². The van der Waals surface area contributed by atoms with Crippen LogP contribution in [-0.2, 0) is 21.0 Å². The zero-order chi connectivity index (χ0) is 21.8. The van der Waals surface area contributed by atoms with E-state index in [0.717, 1.165) is 18.2 Å². The number of halogens is 4. The van der Waals surface area contributed by atoms with Gasteiger partial charge in [0.15, 0.2) is 0 Å². The lowest BCUT2D eigenvalue weighted by molar-refractivity contribution is -0.137. The minimum Gasteiger partial charge on any atom is -0.325 e. The number of anilines is 1. The predicted molar refractivity (Wildman–Crippen MR) is 103 cm³/mol. The van der Waals surface area contributed by atoms with Crippen LogP contribution in [0.2, 0.25) is 5.02 Å². The molecule has 0 spiro atoms. The van der Waals surface area contributed by atoms with Gasteiger partial charge >= 0.3 is 6.18 Å². The molecule has 0 radical (unpaired) electrons. The van der Waals surface area contributed by atoms with E-state index in [1.807, 2.05) is 13.8 Å². The molecule has 0 aliphatic heterocycles. The van der Waals surface area contributed by atoms with Crippen LogP contribution in [0.1, 0.15) is 30.9 Å². The number of nitrogens with one attached hydrogen (secondary N) is 1. The quantitative estimate of drug-likeness (QED) is 0.730. The van der Waals surface area contributed by atoms with Crippen molar-refractivity contribution in [3.8, 4) is 0 Å². The SMILES string of the molecule is CC1(C)[C@@H](C(=O)Nc2cc(Cl)ccc2C(F)(F)F)[C@@H]1c1ccc(S(N)(=O)=O)cc1. The molecule has 29 heavy (non-hydrogen) atoms. The van der Waals surface area contributed by atoms with Gasteiger partial charge in [-0.3, -0.25) is 4.79 Å². The summed E-state index contributed by atoms with van der Waals surface area (Å²) in [7, 11) is -3.85. The highest BCUT2D eigenvalue weighted by Gasteiger charge is 2.62. The lowest BCUT2D eigenvalue weighted by atomic mass is 10.0. The molecule has 1 fully saturated rings. The van der Waals surface area contributed by atoms with E-state index in [1.54, 1.807) is 12.1 Å². The van der Waals surface area contributed by atoms with E-state index in [0.29, 0.717) is 5.56 Å². The van der Waals surface area contributed by atoms with Crippen LogP contribution in [0.15, 0.2) is 47.4 Å². The molecule has 2 aromatic rings. The van der Waals surface area contributed by atoms with Crippen LogP contribution in [-0.4, -0.2) is 14.3 Å². The average Bonchev–Trinajstić information content (AvgIpc) is 3.15. The van der Waals surface area contributed by atoms with E-state index in [1.165, 1.54) is 12.1 Å². The van der Waals surface area contributed by atoms with E-state index < -0.39 is 44.7 Å². The average molecular weight is 447 g/mol. The first kappa shape index (κ1) is 21.6. The summed E-state index contributed by atoms with van der Waals surface area (Å²) < 4.78 is 62.4. The highest BCUT2D eigenvalue weighted by molar-refractivity contribution is 7.89. The Labute approximate surface area is 171 Å². The molecule has 1 aliphatic carbocycles. The highest BCUT2D eigenvalue weighted by Crippen LogP contribution is 2.64. The van der Waals surface area contributed by atoms with Gasteiger partial charge in [-0.2, -0.15) is 13.2 Å². The maximum absolute atomic E-state index is 13.2. The number of alkyl halides is 3. The van der Waals surface area contributed by atoms with Crippen molar-refractivity contribution in [3.05, 3.63) is 58.6 Å². The van der Waals surface area contributed by atoms with Crippen molar-refractivity contribution in [2.45, 2.75) is 30.8 Å². The van der Waals surface area contributed by atoms with Gasteiger partial charge in [-0.25, -0.2) is 13.6 Å². The molecule has 1 aliphatic rings. The van der Waals surface area contributed by atoms with Gasteiger partial charge in [0.2, 0.25) is 15.9 Å². The standard InChI is InChI=1S/C19H18ClF3N2O3S/c1-18(2)15(10-3-6-12(7-4-10)29(24,27)28)16(18)17(26)25-14-9-11(20)5-8-13(14)19(21,22)23/h3-9,15-16H,1-2H3,(H,25,26)(H2,24,27,28)/t15-,16+/m0/s1. The van der Waals surface area contributed by atoms with Crippen LogP contribution in [0, 0.1) is 11.3 Å². The number of primary sulfonamides is 1. The Morgan fingerprint density at radius 1 is 1.14 bits per heavy atom. The second-order valence-electron chi connectivity index (χ2n) is 7.57. The maximum atomic E-state index is 13.2. The van der Waals surface area contributed by atoms with E-state index >= 15 is 0 Å². The number of sulfonamides is 1. The van der Waals surface area contributed by atoms with Crippen molar-refractivity contribution in [1.82, 2.24) is 0 Å². The number of carbonyl (C=O) groups is 1. The Balaban J connectivity index is 1.85. The number of hydrogen-bond donors (Lipinski definition) is 2. The second kappa shape index (κ2) is 7.00. The van der Waals surface area contributed by atoms with Gasteiger partial charge in [0.05, 0.1) is 22.1 Å². The molecule has 0 aromatic heterocycles. The smallest absolute Gasteiger partial charge is 0.325 e. The Kier molecular flexibility index (Phi) is 5.21. The fraction of sp³-hybridized carbons (Fsp3) is 0.316. The van der Waals surface area contributed by atoms with Crippen LogP contribution in [0.25, 0.3) is 0 Å². The van der Waals surface area contributed by atoms with E-state index in [2.05, 4.69) is 5.32 Å². The van der Waals surface area contributed by atoms with Gasteiger partial charge < -0.3 is 5.32 Å². The molecule has 0 heterocycles. The molecule has 2 aromatic carbocycles. The Hall–Kier alpha value is -2.10. The third kappa shape index (κ3) is 4.26. The molecule has 1 saturated carbocycles. The molecule has 1 amide bonds. The third-order valence-corrected chi connectivity index (χ3v) is 6.39. The highest BCUT2D eigenvalue weighted by atomic mass is 35.5. The summed E-state index contributed by atoms with van der Waals surface area (Å²) >= 11 is 5.80. The first-order valence-electron chi connectivity index (χ1n) is 8.53. The summed E-state index contributed by atoms with van der Waals surface area (Å²) in [6, 6.07) is 8.78. The van der Waals surface area contributed by atoms with Gasteiger partial charge in [-0.1, -0.05) is 37.6 Å². The molecule has 156 valence electrons. The summed E-state index contributed by atoms with van der Waals surface area (Å²) in [5.74, 6) is -1.45. The molecule has 3 N–H and O–H groups in total. The molecular formula is C19H18ClF3N2O3S. The van der Waals surface area contributed by atoms with E-state index in [4.69, 9.17) is 16.7 Å². The minimum absolute atomic E-state index is 0.0607. The zero-order valence-electron chi connectivity index (χ0n) is 15.4. The van der Waals surface area contributed by atoms with Crippen LogP contribution < -0.4 is 10.5 Å². The van der Waals surface area contributed by atoms with Crippen LogP contribution in [0.4, 0.5) is 18.9 Å². The van der Waals surface area contributed by atoms with Gasteiger partial charge in [0.25, 0.3) is 0 Å². The van der Waals surface area contributed by atoms with Gasteiger partial charge in [-0.15, -0.1) is 0 Å². The predicted octanol–water partition coefficient (Wildman–Crippen LogP) is 4.38. The summed E-state index contributed by atoms with van der Waals surface area (Å²) in [5, 5.41) is 7.50. The number of rotatable bonds is 4. The van der Waals surface area contributed by atoms with E-state index in [-0.39, 0.29) is 15.8 Å². The molecule has 2 atom stereocenters. The molecule has 0 saturated heterocycles. The molecule has 0 unspecified atom stereocenters.